The van der Waals surface area contributed by atoms with Crippen molar-refractivity contribution in [3.8, 4) is 0 Å². The van der Waals surface area contributed by atoms with Crippen LogP contribution in [0.3, 0.4) is 0 Å². The molecule has 0 aromatic carbocycles. The summed E-state index contributed by atoms with van der Waals surface area (Å²) in [7, 11) is 0. The number of carbonyl (C=O) groups is 1. The van der Waals surface area contributed by atoms with Crippen molar-refractivity contribution in [2.24, 2.45) is 5.92 Å². The fourth-order valence-electron chi connectivity index (χ4n) is 2.46. The van der Waals surface area contributed by atoms with Crippen LogP contribution in [0.15, 0.2) is 0 Å². The second kappa shape index (κ2) is 11.0. The van der Waals surface area contributed by atoms with E-state index >= 15 is 0 Å². The molecule has 22 heavy (non-hydrogen) atoms. The van der Waals surface area contributed by atoms with Crippen LogP contribution in [-0.4, -0.2) is 74.4 Å². The Labute approximate surface area is 135 Å². The van der Waals surface area contributed by atoms with Gasteiger partial charge in [0, 0.05) is 38.8 Å². The topological polar surface area (TPSA) is 42.0 Å². The van der Waals surface area contributed by atoms with E-state index in [1.165, 1.54) is 0 Å². The average molecular weight is 314 g/mol. The summed E-state index contributed by atoms with van der Waals surface area (Å²) >= 11 is 0. The minimum Gasteiger partial charge on any atom is -0.379 e. The average Bonchev–Trinajstić information content (AvgIpc) is 2.52. The molecule has 1 aliphatic heterocycles. The lowest BCUT2D eigenvalue weighted by atomic mass is 10.1. The van der Waals surface area contributed by atoms with E-state index < -0.39 is 0 Å². The number of rotatable bonds is 10. The molecule has 0 N–H and O–H groups in total. The van der Waals surface area contributed by atoms with E-state index in [2.05, 4.69) is 32.6 Å². The molecule has 1 atom stereocenters. The van der Waals surface area contributed by atoms with E-state index in [-0.39, 0.29) is 12.5 Å². The minimum absolute atomic E-state index is 0.103. The van der Waals surface area contributed by atoms with E-state index in [1.807, 2.05) is 4.90 Å². The Kier molecular flexibility index (Phi) is 9.68. The number of hydrogen-bond acceptors (Lipinski definition) is 4. The molecule has 1 saturated heterocycles. The zero-order chi connectivity index (χ0) is 16.4. The zero-order valence-electron chi connectivity index (χ0n) is 14.8. The molecular formula is C17H34N2O3. The Morgan fingerprint density at radius 3 is 2.23 bits per heavy atom. The Bertz CT molecular complexity index is 302. The van der Waals surface area contributed by atoms with Gasteiger partial charge in [0.05, 0.1) is 13.2 Å². The molecule has 1 heterocycles. The fourth-order valence-corrected chi connectivity index (χ4v) is 2.46. The molecule has 1 aliphatic rings. The molecule has 1 rings (SSSR count). The third-order valence-electron chi connectivity index (χ3n) is 4.32. The van der Waals surface area contributed by atoms with Crippen molar-refractivity contribution in [2.45, 2.75) is 46.6 Å². The Morgan fingerprint density at radius 1 is 1.00 bits per heavy atom. The summed E-state index contributed by atoms with van der Waals surface area (Å²) in [6.07, 6.45) is 2.23. The van der Waals surface area contributed by atoms with Crippen molar-refractivity contribution in [3.63, 3.8) is 0 Å². The highest BCUT2D eigenvalue weighted by molar-refractivity contribution is 5.77. The SMILES string of the molecule is CCC(C)N1CCN(C(=O)COCCOCCC(C)C)CC1. The summed E-state index contributed by atoms with van der Waals surface area (Å²) < 4.78 is 10.9. The molecule has 1 unspecified atom stereocenters. The Balaban J connectivity index is 2.04. The first-order valence-corrected chi connectivity index (χ1v) is 8.71. The molecule has 0 spiro atoms. The van der Waals surface area contributed by atoms with Gasteiger partial charge in [0.2, 0.25) is 5.91 Å². The lowest BCUT2D eigenvalue weighted by molar-refractivity contribution is -0.138. The summed E-state index contributed by atoms with van der Waals surface area (Å²) in [6.45, 7) is 14.4. The monoisotopic (exact) mass is 314 g/mol. The molecule has 0 bridgehead atoms. The van der Waals surface area contributed by atoms with Gasteiger partial charge >= 0.3 is 0 Å². The number of hydrogen-bond donors (Lipinski definition) is 0. The standard InChI is InChI=1S/C17H34N2O3/c1-5-16(4)18-7-9-19(10-8-18)17(20)14-22-13-12-21-11-6-15(2)3/h15-16H,5-14H2,1-4H3. The second-order valence-electron chi connectivity index (χ2n) is 6.52. The summed E-state index contributed by atoms with van der Waals surface area (Å²) in [6, 6.07) is 0.608. The molecule has 0 aromatic rings. The molecule has 0 aliphatic carbocycles. The highest BCUT2D eigenvalue weighted by Gasteiger charge is 2.23. The predicted octanol–water partition coefficient (Wildman–Crippen LogP) is 2.01. The highest BCUT2D eigenvalue weighted by atomic mass is 16.5. The van der Waals surface area contributed by atoms with Gasteiger partial charge in [-0.1, -0.05) is 20.8 Å². The maximum absolute atomic E-state index is 12.1. The largest absolute Gasteiger partial charge is 0.379 e. The van der Waals surface area contributed by atoms with Crippen LogP contribution >= 0.6 is 0 Å². The first-order valence-electron chi connectivity index (χ1n) is 8.71. The van der Waals surface area contributed by atoms with E-state index in [4.69, 9.17) is 9.47 Å². The molecule has 1 fully saturated rings. The maximum Gasteiger partial charge on any atom is 0.248 e. The Hall–Kier alpha value is -0.650. The van der Waals surface area contributed by atoms with Gasteiger partial charge in [-0.15, -0.1) is 0 Å². The van der Waals surface area contributed by atoms with Crippen LogP contribution in [0.4, 0.5) is 0 Å². The van der Waals surface area contributed by atoms with Gasteiger partial charge in [-0.2, -0.15) is 0 Å². The molecule has 0 saturated carbocycles. The summed E-state index contributed by atoms with van der Waals surface area (Å²) in [5.74, 6) is 0.766. The molecule has 0 radical (unpaired) electrons. The van der Waals surface area contributed by atoms with Crippen molar-refractivity contribution >= 4 is 5.91 Å². The number of nitrogens with zero attached hydrogens (tertiary/aromatic N) is 2. The fraction of sp³-hybridized carbons (Fsp3) is 0.941. The van der Waals surface area contributed by atoms with Crippen molar-refractivity contribution < 1.29 is 14.3 Å². The van der Waals surface area contributed by atoms with Crippen molar-refractivity contribution in [1.82, 2.24) is 9.80 Å². The van der Waals surface area contributed by atoms with Crippen LogP contribution in [0.5, 0.6) is 0 Å². The van der Waals surface area contributed by atoms with Crippen LogP contribution in [-0.2, 0) is 14.3 Å². The lowest BCUT2D eigenvalue weighted by Gasteiger charge is -2.37. The van der Waals surface area contributed by atoms with Crippen LogP contribution < -0.4 is 0 Å². The lowest BCUT2D eigenvalue weighted by Crippen LogP contribution is -2.52. The first-order chi connectivity index (χ1) is 10.5. The van der Waals surface area contributed by atoms with Gasteiger partial charge < -0.3 is 14.4 Å². The molecular weight excluding hydrogens is 280 g/mol. The van der Waals surface area contributed by atoms with Crippen LogP contribution in [0.25, 0.3) is 0 Å². The van der Waals surface area contributed by atoms with Gasteiger partial charge in [0.1, 0.15) is 6.61 Å². The van der Waals surface area contributed by atoms with Crippen LogP contribution in [0, 0.1) is 5.92 Å². The highest BCUT2D eigenvalue weighted by Crippen LogP contribution is 2.08. The summed E-state index contributed by atoms with van der Waals surface area (Å²) in [5, 5.41) is 0. The normalized spacial score (nSPS) is 18.0. The zero-order valence-corrected chi connectivity index (χ0v) is 14.8. The van der Waals surface area contributed by atoms with Gasteiger partial charge in [0.25, 0.3) is 0 Å². The van der Waals surface area contributed by atoms with Crippen molar-refractivity contribution in [3.05, 3.63) is 0 Å². The van der Waals surface area contributed by atoms with E-state index in [9.17, 15) is 4.79 Å². The quantitative estimate of drug-likeness (QED) is 0.579. The summed E-state index contributed by atoms with van der Waals surface area (Å²) in [5.41, 5.74) is 0. The molecule has 130 valence electrons. The second-order valence-corrected chi connectivity index (χ2v) is 6.52. The van der Waals surface area contributed by atoms with Gasteiger partial charge in [-0.25, -0.2) is 0 Å². The van der Waals surface area contributed by atoms with E-state index in [1.54, 1.807) is 0 Å². The number of carbonyl (C=O) groups excluding carboxylic acids is 1. The molecule has 1 amide bonds. The Morgan fingerprint density at radius 2 is 1.64 bits per heavy atom. The third kappa shape index (κ3) is 7.56. The van der Waals surface area contributed by atoms with Crippen molar-refractivity contribution in [1.29, 1.82) is 0 Å². The van der Waals surface area contributed by atoms with E-state index in [0.29, 0.717) is 25.2 Å². The number of piperazine rings is 1. The van der Waals surface area contributed by atoms with Gasteiger partial charge in [-0.05, 0) is 25.7 Å². The van der Waals surface area contributed by atoms with Gasteiger partial charge in [0.15, 0.2) is 0 Å². The summed E-state index contributed by atoms with van der Waals surface area (Å²) in [4.78, 5) is 16.4. The van der Waals surface area contributed by atoms with E-state index in [0.717, 1.165) is 45.6 Å². The third-order valence-corrected chi connectivity index (χ3v) is 4.32. The van der Waals surface area contributed by atoms with Gasteiger partial charge in [-0.3, -0.25) is 9.69 Å². The predicted molar refractivity (Wildman–Crippen MR) is 89.0 cm³/mol. The first kappa shape index (κ1) is 19.4. The molecule has 0 aromatic heterocycles. The smallest absolute Gasteiger partial charge is 0.248 e. The van der Waals surface area contributed by atoms with Crippen molar-refractivity contribution in [2.75, 3.05) is 52.6 Å². The number of amides is 1. The number of ether oxygens (including phenoxy) is 2. The molecule has 5 heteroatoms. The van der Waals surface area contributed by atoms with Crippen LogP contribution in [0.2, 0.25) is 0 Å². The van der Waals surface area contributed by atoms with Crippen LogP contribution in [0.1, 0.15) is 40.5 Å². The minimum atomic E-state index is 0.103. The molecule has 5 nitrogen and oxygen atoms in total. The maximum atomic E-state index is 12.1.